The van der Waals surface area contributed by atoms with E-state index in [2.05, 4.69) is 17.9 Å². The maximum Gasteiger partial charge on any atom is 0.178 e. The summed E-state index contributed by atoms with van der Waals surface area (Å²) in [7, 11) is 0. The van der Waals surface area contributed by atoms with Gasteiger partial charge in [-0.25, -0.2) is 0 Å². The van der Waals surface area contributed by atoms with Crippen LogP contribution in [0.5, 0.6) is 0 Å². The minimum atomic E-state index is 0.197. The van der Waals surface area contributed by atoms with Crippen molar-refractivity contribution in [1.29, 1.82) is 5.26 Å². The fourth-order valence-corrected chi connectivity index (χ4v) is 3.82. The number of piperidine rings is 1. The average molecular weight is 323 g/mol. The highest BCUT2D eigenvalue weighted by Crippen LogP contribution is 2.24. The number of ketones is 1. The Kier molecular flexibility index (Phi) is 5.32. The molecule has 1 aromatic heterocycles. The summed E-state index contributed by atoms with van der Waals surface area (Å²) in [5, 5.41) is 9.86. The van der Waals surface area contributed by atoms with Gasteiger partial charge in [-0.2, -0.15) is 5.26 Å². The van der Waals surface area contributed by atoms with Crippen LogP contribution in [0.25, 0.3) is 10.9 Å². The van der Waals surface area contributed by atoms with Crippen molar-refractivity contribution >= 4 is 16.7 Å². The normalized spacial score (nSPS) is 18.6. The topological polar surface area (TPSA) is 49.0 Å². The summed E-state index contributed by atoms with van der Waals surface area (Å²) in [5.41, 5.74) is 1.84. The molecule has 0 bridgehead atoms. The van der Waals surface area contributed by atoms with Crippen molar-refractivity contribution in [3.05, 3.63) is 36.0 Å². The number of hydrogen-bond donors (Lipinski definition) is 0. The predicted molar refractivity (Wildman–Crippen MR) is 96.0 cm³/mol. The highest BCUT2D eigenvalue weighted by molar-refractivity contribution is 6.09. The number of Topliss-reactive ketones (excluding diaryl/α,β-unsaturated/α-hetero) is 1. The Hall–Kier alpha value is -2.12. The van der Waals surface area contributed by atoms with E-state index in [-0.39, 0.29) is 5.78 Å². The maximum absolute atomic E-state index is 13.0. The zero-order valence-corrected chi connectivity index (χ0v) is 14.4. The van der Waals surface area contributed by atoms with Crippen LogP contribution >= 0.6 is 0 Å². The first-order valence-corrected chi connectivity index (χ1v) is 8.96. The van der Waals surface area contributed by atoms with Crippen molar-refractivity contribution in [2.75, 3.05) is 13.1 Å². The molecule has 24 heavy (non-hydrogen) atoms. The molecule has 1 atom stereocenters. The second kappa shape index (κ2) is 7.63. The Morgan fingerprint density at radius 2 is 2.17 bits per heavy atom. The number of aromatic nitrogens is 1. The summed E-state index contributed by atoms with van der Waals surface area (Å²) in [6, 6.07) is 10.7. The molecule has 1 saturated heterocycles. The molecule has 2 heterocycles. The van der Waals surface area contributed by atoms with E-state index in [0.29, 0.717) is 25.6 Å². The first-order valence-electron chi connectivity index (χ1n) is 8.96. The monoisotopic (exact) mass is 323 g/mol. The van der Waals surface area contributed by atoms with Crippen molar-refractivity contribution in [3.8, 4) is 6.07 Å². The second-order valence-corrected chi connectivity index (χ2v) is 6.61. The third-order valence-electron chi connectivity index (χ3n) is 5.12. The van der Waals surface area contributed by atoms with Gasteiger partial charge in [0, 0.05) is 35.2 Å². The van der Waals surface area contributed by atoms with Gasteiger partial charge in [-0.3, -0.25) is 9.69 Å². The number of nitriles is 1. The van der Waals surface area contributed by atoms with Crippen molar-refractivity contribution in [2.24, 2.45) is 0 Å². The molecule has 4 heteroatoms. The van der Waals surface area contributed by atoms with E-state index >= 15 is 0 Å². The second-order valence-electron chi connectivity index (χ2n) is 6.61. The van der Waals surface area contributed by atoms with Crippen LogP contribution in [0.4, 0.5) is 0 Å². The Balaban J connectivity index is 1.85. The van der Waals surface area contributed by atoms with Crippen LogP contribution in [0.1, 0.15) is 49.4 Å². The van der Waals surface area contributed by atoms with Gasteiger partial charge in [-0.1, -0.05) is 31.5 Å². The predicted octanol–water partition coefficient (Wildman–Crippen LogP) is 4.00. The Labute approximate surface area is 143 Å². The molecule has 4 nitrogen and oxygen atoms in total. The van der Waals surface area contributed by atoms with E-state index < -0.39 is 0 Å². The van der Waals surface area contributed by atoms with Crippen molar-refractivity contribution < 1.29 is 4.79 Å². The van der Waals surface area contributed by atoms with Crippen LogP contribution in [0.2, 0.25) is 0 Å². The summed E-state index contributed by atoms with van der Waals surface area (Å²) >= 11 is 0. The lowest BCUT2D eigenvalue weighted by molar-refractivity contribution is 0.0839. The number of carbonyl (C=O) groups excluding carboxylic acids is 1. The standard InChI is InChI=1S/C20H25N3O/c1-2-16-8-5-6-12-22(16)15-20(24)18-14-23(13-7-11-21)19-10-4-3-9-17(18)19/h3-4,9-10,14,16H,2,5-8,12-13,15H2,1H3. The van der Waals surface area contributed by atoms with Crippen molar-refractivity contribution in [3.63, 3.8) is 0 Å². The minimum Gasteiger partial charge on any atom is -0.346 e. The number of fused-ring (bicyclic) bond motifs is 1. The molecular weight excluding hydrogens is 298 g/mol. The summed E-state index contributed by atoms with van der Waals surface area (Å²) in [6.07, 6.45) is 7.17. The minimum absolute atomic E-state index is 0.197. The molecule has 1 aliphatic rings. The quantitative estimate of drug-likeness (QED) is 0.755. The van der Waals surface area contributed by atoms with E-state index in [0.717, 1.165) is 29.4 Å². The molecule has 3 rings (SSSR count). The van der Waals surface area contributed by atoms with Crippen LogP contribution in [-0.2, 0) is 6.54 Å². The number of benzene rings is 1. The smallest absolute Gasteiger partial charge is 0.178 e. The van der Waals surface area contributed by atoms with Gasteiger partial charge >= 0.3 is 0 Å². The molecular formula is C20H25N3O. The number of aryl methyl sites for hydroxylation is 1. The van der Waals surface area contributed by atoms with Crippen LogP contribution in [0.3, 0.4) is 0 Å². The van der Waals surface area contributed by atoms with Crippen molar-refractivity contribution in [2.45, 2.75) is 51.6 Å². The maximum atomic E-state index is 13.0. The molecule has 0 amide bonds. The molecule has 1 aliphatic heterocycles. The summed E-state index contributed by atoms with van der Waals surface area (Å²) in [5.74, 6) is 0.197. The molecule has 0 spiro atoms. The van der Waals surface area contributed by atoms with Gasteiger partial charge in [-0.05, 0) is 31.9 Å². The van der Waals surface area contributed by atoms with E-state index in [1.54, 1.807) is 0 Å². The number of para-hydroxylation sites is 1. The lowest BCUT2D eigenvalue weighted by atomic mass is 9.99. The number of rotatable bonds is 6. The Bertz CT molecular complexity index is 756. The van der Waals surface area contributed by atoms with Gasteiger partial charge in [0.1, 0.15) is 0 Å². The lowest BCUT2D eigenvalue weighted by Crippen LogP contribution is -2.42. The first-order chi connectivity index (χ1) is 11.7. The van der Waals surface area contributed by atoms with Gasteiger partial charge in [0.15, 0.2) is 5.78 Å². The molecule has 0 N–H and O–H groups in total. The largest absolute Gasteiger partial charge is 0.346 e. The average Bonchev–Trinajstić information content (AvgIpc) is 2.99. The lowest BCUT2D eigenvalue weighted by Gasteiger charge is -2.34. The van der Waals surface area contributed by atoms with Gasteiger partial charge < -0.3 is 4.57 Å². The molecule has 1 aromatic carbocycles. The van der Waals surface area contributed by atoms with E-state index in [1.807, 2.05) is 35.0 Å². The van der Waals surface area contributed by atoms with Crippen LogP contribution in [-0.4, -0.2) is 34.4 Å². The summed E-state index contributed by atoms with van der Waals surface area (Å²) in [4.78, 5) is 15.3. The fourth-order valence-electron chi connectivity index (χ4n) is 3.82. The molecule has 1 fully saturated rings. The number of carbonyl (C=O) groups is 1. The SMILES string of the molecule is CCC1CCCCN1CC(=O)c1cn(CCC#N)c2ccccc12. The van der Waals surface area contributed by atoms with Crippen LogP contribution in [0, 0.1) is 11.3 Å². The molecule has 1 unspecified atom stereocenters. The van der Waals surface area contributed by atoms with E-state index in [4.69, 9.17) is 5.26 Å². The third-order valence-corrected chi connectivity index (χ3v) is 5.12. The van der Waals surface area contributed by atoms with Crippen LogP contribution in [0.15, 0.2) is 30.5 Å². The molecule has 2 aromatic rings. The zero-order valence-electron chi connectivity index (χ0n) is 14.4. The molecule has 0 aliphatic carbocycles. The Morgan fingerprint density at radius 3 is 2.96 bits per heavy atom. The van der Waals surface area contributed by atoms with Gasteiger partial charge in [0.05, 0.1) is 19.0 Å². The van der Waals surface area contributed by atoms with E-state index in [1.165, 1.54) is 19.3 Å². The number of likely N-dealkylation sites (tertiary alicyclic amines) is 1. The summed E-state index contributed by atoms with van der Waals surface area (Å²) in [6.45, 7) is 4.37. The van der Waals surface area contributed by atoms with Crippen molar-refractivity contribution in [1.82, 2.24) is 9.47 Å². The van der Waals surface area contributed by atoms with Gasteiger partial charge in [-0.15, -0.1) is 0 Å². The number of hydrogen-bond acceptors (Lipinski definition) is 3. The molecule has 126 valence electrons. The summed E-state index contributed by atoms with van der Waals surface area (Å²) < 4.78 is 2.04. The highest BCUT2D eigenvalue weighted by atomic mass is 16.1. The molecule has 0 saturated carbocycles. The van der Waals surface area contributed by atoms with Crippen LogP contribution < -0.4 is 0 Å². The Morgan fingerprint density at radius 1 is 1.33 bits per heavy atom. The van der Waals surface area contributed by atoms with E-state index in [9.17, 15) is 4.79 Å². The first kappa shape index (κ1) is 16.7. The highest BCUT2D eigenvalue weighted by Gasteiger charge is 2.24. The third kappa shape index (κ3) is 3.37. The molecule has 0 radical (unpaired) electrons. The van der Waals surface area contributed by atoms with Gasteiger partial charge in [0.25, 0.3) is 0 Å². The fraction of sp³-hybridized carbons (Fsp3) is 0.500. The zero-order chi connectivity index (χ0) is 16.9. The number of nitrogens with zero attached hydrogens (tertiary/aromatic N) is 3. The van der Waals surface area contributed by atoms with Gasteiger partial charge in [0.2, 0.25) is 0 Å².